The van der Waals surface area contributed by atoms with Crippen LogP contribution in [-0.2, 0) is 13.1 Å². The van der Waals surface area contributed by atoms with Gasteiger partial charge in [0.15, 0.2) is 11.5 Å². The first-order valence-corrected chi connectivity index (χ1v) is 8.62. The van der Waals surface area contributed by atoms with Gasteiger partial charge in [0.05, 0.1) is 25.3 Å². The third-order valence-electron chi connectivity index (χ3n) is 4.05. The van der Waals surface area contributed by atoms with E-state index in [-0.39, 0.29) is 11.5 Å². The minimum absolute atomic E-state index is 0.0721. The van der Waals surface area contributed by atoms with Gasteiger partial charge in [-0.25, -0.2) is 0 Å². The summed E-state index contributed by atoms with van der Waals surface area (Å²) < 4.78 is 39.7. The van der Waals surface area contributed by atoms with Gasteiger partial charge in [0.2, 0.25) is 11.7 Å². The number of halogens is 2. The van der Waals surface area contributed by atoms with Crippen LogP contribution < -0.4 is 9.47 Å². The molecule has 0 spiro atoms. The normalized spacial score (nSPS) is 10.9. The third kappa shape index (κ3) is 5.27. The van der Waals surface area contributed by atoms with Crippen molar-refractivity contribution in [3.63, 3.8) is 0 Å². The average Bonchev–Trinajstić information content (AvgIpc) is 3.16. The van der Waals surface area contributed by atoms with Crippen LogP contribution >= 0.6 is 0 Å². The van der Waals surface area contributed by atoms with Crippen LogP contribution in [0.5, 0.6) is 11.5 Å². The van der Waals surface area contributed by atoms with Crippen LogP contribution in [0.4, 0.5) is 8.78 Å². The summed E-state index contributed by atoms with van der Waals surface area (Å²) in [6, 6.07) is 13.8. The standard InChI is InChI=1S/C20H18F2N4O3/c1-26(11-14-5-3-13(10-23)4-6-14)12-18-24-19(25-29-18)15-7-8-16(28-20(21)22)17(9-15)27-2/h3-9,20H,11-12H2,1-2H3. The fraction of sp³-hybridized carbons (Fsp3) is 0.250. The Hall–Kier alpha value is -3.51. The summed E-state index contributed by atoms with van der Waals surface area (Å²) in [6.45, 7) is -1.90. The van der Waals surface area contributed by atoms with E-state index < -0.39 is 6.61 Å². The summed E-state index contributed by atoms with van der Waals surface area (Å²) >= 11 is 0. The Morgan fingerprint density at radius 2 is 1.90 bits per heavy atom. The molecule has 1 aromatic heterocycles. The monoisotopic (exact) mass is 400 g/mol. The Kier molecular flexibility index (Phi) is 6.36. The smallest absolute Gasteiger partial charge is 0.387 e. The van der Waals surface area contributed by atoms with Crippen LogP contribution in [0.25, 0.3) is 11.4 Å². The molecule has 7 nitrogen and oxygen atoms in total. The Morgan fingerprint density at radius 3 is 2.55 bits per heavy atom. The first-order chi connectivity index (χ1) is 14.0. The number of methoxy groups -OCH3 is 1. The van der Waals surface area contributed by atoms with Crippen molar-refractivity contribution in [3.05, 3.63) is 59.5 Å². The molecule has 0 bridgehead atoms. The molecule has 0 amide bonds. The average molecular weight is 400 g/mol. The first-order valence-electron chi connectivity index (χ1n) is 8.62. The second-order valence-corrected chi connectivity index (χ2v) is 6.24. The minimum atomic E-state index is -2.95. The highest BCUT2D eigenvalue weighted by Crippen LogP contribution is 2.32. The van der Waals surface area contributed by atoms with Gasteiger partial charge < -0.3 is 14.0 Å². The molecule has 0 aliphatic carbocycles. The molecule has 0 unspecified atom stereocenters. The van der Waals surface area contributed by atoms with E-state index in [0.717, 1.165) is 5.56 Å². The third-order valence-corrected chi connectivity index (χ3v) is 4.05. The number of nitrogens with zero attached hydrogens (tertiary/aromatic N) is 4. The molecule has 150 valence electrons. The zero-order valence-corrected chi connectivity index (χ0v) is 15.8. The molecule has 9 heteroatoms. The molecule has 0 fully saturated rings. The van der Waals surface area contributed by atoms with Crippen molar-refractivity contribution < 1.29 is 22.8 Å². The Labute approximate surface area is 166 Å². The van der Waals surface area contributed by atoms with E-state index in [0.29, 0.717) is 35.9 Å². The number of ether oxygens (including phenoxy) is 2. The largest absolute Gasteiger partial charge is 0.493 e. The van der Waals surface area contributed by atoms with Crippen LogP contribution in [0.2, 0.25) is 0 Å². The maximum atomic E-state index is 12.4. The molecule has 0 aliphatic rings. The zero-order chi connectivity index (χ0) is 20.8. The van der Waals surface area contributed by atoms with Gasteiger partial charge in [0, 0.05) is 12.1 Å². The molecule has 2 aromatic carbocycles. The first kappa shape index (κ1) is 20.2. The topological polar surface area (TPSA) is 84.4 Å². The minimum Gasteiger partial charge on any atom is -0.493 e. The van der Waals surface area contributed by atoms with E-state index in [1.54, 1.807) is 18.2 Å². The summed E-state index contributed by atoms with van der Waals surface area (Å²) in [5, 5.41) is 12.8. The van der Waals surface area contributed by atoms with Crippen LogP contribution in [0.15, 0.2) is 47.0 Å². The van der Waals surface area contributed by atoms with E-state index >= 15 is 0 Å². The predicted molar refractivity (Wildman–Crippen MR) is 99.2 cm³/mol. The zero-order valence-electron chi connectivity index (χ0n) is 15.8. The van der Waals surface area contributed by atoms with Crippen molar-refractivity contribution in [1.82, 2.24) is 15.0 Å². The van der Waals surface area contributed by atoms with Gasteiger partial charge in [0.1, 0.15) is 0 Å². The number of aromatic nitrogens is 2. The summed E-state index contributed by atoms with van der Waals surface area (Å²) in [6.07, 6.45) is 0. The fourth-order valence-electron chi connectivity index (χ4n) is 2.72. The molecule has 1 heterocycles. The molecule has 0 atom stereocenters. The maximum absolute atomic E-state index is 12.4. The number of rotatable bonds is 8. The lowest BCUT2D eigenvalue weighted by molar-refractivity contribution is -0.0512. The number of hydrogen-bond donors (Lipinski definition) is 0. The van der Waals surface area contributed by atoms with Crippen LogP contribution in [0.3, 0.4) is 0 Å². The van der Waals surface area contributed by atoms with Crippen molar-refractivity contribution in [2.75, 3.05) is 14.2 Å². The number of nitriles is 1. The Balaban J connectivity index is 1.67. The predicted octanol–water partition coefficient (Wildman–Crippen LogP) is 3.85. The van der Waals surface area contributed by atoms with E-state index in [1.807, 2.05) is 24.1 Å². The highest BCUT2D eigenvalue weighted by Gasteiger charge is 2.15. The summed E-state index contributed by atoms with van der Waals surface area (Å²) in [5.41, 5.74) is 2.21. The van der Waals surface area contributed by atoms with Gasteiger partial charge in [-0.2, -0.15) is 19.0 Å². The summed E-state index contributed by atoms with van der Waals surface area (Å²) in [4.78, 5) is 6.33. The molecular weight excluding hydrogens is 382 g/mol. The van der Waals surface area contributed by atoms with E-state index in [2.05, 4.69) is 20.9 Å². The maximum Gasteiger partial charge on any atom is 0.387 e. The molecule has 3 aromatic rings. The van der Waals surface area contributed by atoms with Crippen molar-refractivity contribution >= 4 is 0 Å². The van der Waals surface area contributed by atoms with Gasteiger partial charge in [-0.3, -0.25) is 4.90 Å². The molecule has 0 saturated carbocycles. The molecular formula is C20H18F2N4O3. The second kappa shape index (κ2) is 9.12. The van der Waals surface area contributed by atoms with Crippen molar-refractivity contribution in [1.29, 1.82) is 5.26 Å². The lowest BCUT2D eigenvalue weighted by atomic mass is 10.1. The lowest BCUT2D eigenvalue weighted by Gasteiger charge is -2.14. The van der Waals surface area contributed by atoms with Gasteiger partial charge in [-0.1, -0.05) is 17.3 Å². The van der Waals surface area contributed by atoms with Crippen molar-refractivity contribution in [2.45, 2.75) is 19.7 Å². The number of hydrogen-bond acceptors (Lipinski definition) is 7. The second-order valence-electron chi connectivity index (χ2n) is 6.24. The SMILES string of the molecule is COc1cc(-c2noc(CN(C)Cc3ccc(C#N)cc3)n2)ccc1OC(F)F. The Bertz CT molecular complexity index is 1000. The van der Waals surface area contributed by atoms with E-state index in [9.17, 15) is 8.78 Å². The molecule has 0 aliphatic heterocycles. The summed E-state index contributed by atoms with van der Waals surface area (Å²) in [7, 11) is 3.26. The van der Waals surface area contributed by atoms with Crippen molar-refractivity contribution in [3.8, 4) is 29.0 Å². The van der Waals surface area contributed by atoms with Crippen LogP contribution in [0.1, 0.15) is 17.0 Å². The van der Waals surface area contributed by atoms with Crippen LogP contribution in [-0.4, -0.2) is 35.8 Å². The molecule has 29 heavy (non-hydrogen) atoms. The Morgan fingerprint density at radius 1 is 1.14 bits per heavy atom. The number of benzene rings is 2. The van der Waals surface area contributed by atoms with Gasteiger partial charge in [-0.15, -0.1) is 0 Å². The van der Waals surface area contributed by atoms with E-state index in [4.69, 9.17) is 14.5 Å². The fourth-order valence-corrected chi connectivity index (χ4v) is 2.72. The van der Waals surface area contributed by atoms with Gasteiger partial charge >= 0.3 is 6.61 Å². The molecule has 0 N–H and O–H groups in total. The van der Waals surface area contributed by atoms with Gasteiger partial charge in [-0.05, 0) is 42.9 Å². The quantitative estimate of drug-likeness (QED) is 0.568. The van der Waals surface area contributed by atoms with E-state index in [1.165, 1.54) is 19.2 Å². The number of alkyl halides is 2. The molecule has 0 radical (unpaired) electrons. The van der Waals surface area contributed by atoms with Gasteiger partial charge in [0.25, 0.3) is 0 Å². The molecule has 3 rings (SSSR count). The molecule has 0 saturated heterocycles. The highest BCUT2D eigenvalue weighted by atomic mass is 19.3. The highest BCUT2D eigenvalue weighted by molar-refractivity contribution is 5.60. The van der Waals surface area contributed by atoms with Crippen LogP contribution in [0, 0.1) is 11.3 Å². The summed E-state index contributed by atoms with van der Waals surface area (Å²) in [5.74, 6) is 0.792. The lowest BCUT2D eigenvalue weighted by Crippen LogP contribution is -2.17. The van der Waals surface area contributed by atoms with Crippen molar-refractivity contribution in [2.24, 2.45) is 0 Å².